The van der Waals surface area contributed by atoms with E-state index in [0.717, 1.165) is 18.7 Å². The Hall–Kier alpha value is -1.28. The third-order valence-electron chi connectivity index (χ3n) is 2.85. The Morgan fingerprint density at radius 3 is 2.48 bits per heavy atom. The van der Waals surface area contributed by atoms with Crippen molar-refractivity contribution in [2.24, 2.45) is 0 Å². The molecule has 0 saturated heterocycles. The fourth-order valence-corrected chi connectivity index (χ4v) is 2.87. The van der Waals surface area contributed by atoms with Crippen LogP contribution in [0.3, 0.4) is 0 Å². The highest BCUT2D eigenvalue weighted by atomic mass is 32.2. The number of halogens is 3. The normalized spacial score (nSPS) is 12.4. The van der Waals surface area contributed by atoms with Crippen molar-refractivity contribution in [3.8, 4) is 0 Å². The summed E-state index contributed by atoms with van der Waals surface area (Å²) in [6.07, 6.45) is -4.11. The number of anilines is 1. The molecule has 21 heavy (non-hydrogen) atoms. The molecular weight excluding hydrogens is 305 g/mol. The summed E-state index contributed by atoms with van der Waals surface area (Å²) in [6, 6.07) is 2.99. The molecule has 2 N–H and O–H groups in total. The van der Waals surface area contributed by atoms with Crippen LogP contribution >= 0.6 is 0 Å². The summed E-state index contributed by atoms with van der Waals surface area (Å²) in [6.45, 7) is 4.73. The molecule has 1 rings (SSSR count). The lowest BCUT2D eigenvalue weighted by molar-refractivity contribution is -0.137. The van der Waals surface area contributed by atoms with Crippen LogP contribution in [0.1, 0.15) is 24.5 Å². The van der Waals surface area contributed by atoms with Crippen LogP contribution in [-0.4, -0.2) is 27.3 Å². The van der Waals surface area contributed by atoms with E-state index < -0.39 is 21.8 Å². The van der Waals surface area contributed by atoms with Crippen molar-refractivity contribution < 1.29 is 21.6 Å². The lowest BCUT2D eigenvalue weighted by Gasteiger charge is -2.13. The van der Waals surface area contributed by atoms with Crippen molar-refractivity contribution in [3.05, 3.63) is 29.3 Å². The van der Waals surface area contributed by atoms with Gasteiger partial charge in [-0.25, -0.2) is 8.42 Å². The largest absolute Gasteiger partial charge is 0.416 e. The van der Waals surface area contributed by atoms with Crippen molar-refractivity contribution >= 4 is 15.7 Å². The molecule has 1 aromatic rings. The van der Waals surface area contributed by atoms with Gasteiger partial charge in [0.05, 0.1) is 17.0 Å². The molecular formula is C13H19F3N2O2S. The summed E-state index contributed by atoms with van der Waals surface area (Å²) < 4.78 is 63.8. The zero-order chi connectivity index (χ0) is 16.1. The predicted molar refractivity (Wildman–Crippen MR) is 76.8 cm³/mol. The first-order valence-electron chi connectivity index (χ1n) is 6.55. The Morgan fingerprint density at radius 2 is 1.90 bits per heavy atom. The highest BCUT2D eigenvalue weighted by Crippen LogP contribution is 2.32. The SMILES string of the molecule is CCNCCCS(=O)(=O)Nc1cc(C(F)(F)F)ccc1C. The molecule has 0 unspecified atom stereocenters. The summed E-state index contributed by atoms with van der Waals surface area (Å²) in [7, 11) is -3.66. The minimum Gasteiger partial charge on any atom is -0.317 e. The lowest BCUT2D eigenvalue weighted by Crippen LogP contribution is -2.22. The molecule has 0 bridgehead atoms. The predicted octanol–water partition coefficient (Wildman–Crippen LogP) is 2.76. The van der Waals surface area contributed by atoms with Crippen LogP contribution in [0.4, 0.5) is 18.9 Å². The second kappa shape index (κ2) is 7.13. The summed E-state index contributed by atoms with van der Waals surface area (Å²) in [4.78, 5) is 0. The van der Waals surface area contributed by atoms with Crippen molar-refractivity contribution in [1.82, 2.24) is 5.32 Å². The Kier molecular flexibility index (Phi) is 6.03. The van der Waals surface area contributed by atoms with Gasteiger partial charge in [0.2, 0.25) is 10.0 Å². The van der Waals surface area contributed by atoms with Gasteiger partial charge in [0.15, 0.2) is 0 Å². The standard InChI is InChI=1S/C13H19F3N2O2S/c1-3-17-7-4-8-21(19,20)18-12-9-11(13(14,15)16)6-5-10(12)2/h5-6,9,17-18H,3-4,7-8H2,1-2H3. The molecule has 0 radical (unpaired) electrons. The van der Waals surface area contributed by atoms with Crippen molar-refractivity contribution in [3.63, 3.8) is 0 Å². The van der Waals surface area contributed by atoms with Crippen molar-refractivity contribution in [1.29, 1.82) is 0 Å². The third kappa shape index (κ3) is 5.92. The molecule has 0 aliphatic rings. The number of aryl methyl sites for hydroxylation is 1. The summed E-state index contributed by atoms with van der Waals surface area (Å²) in [5, 5.41) is 2.98. The number of sulfonamides is 1. The Labute approximate surface area is 122 Å². The maximum atomic E-state index is 12.6. The molecule has 4 nitrogen and oxygen atoms in total. The zero-order valence-corrected chi connectivity index (χ0v) is 12.7. The van der Waals surface area contributed by atoms with Crippen LogP contribution in [0.15, 0.2) is 18.2 Å². The zero-order valence-electron chi connectivity index (χ0n) is 11.9. The van der Waals surface area contributed by atoms with E-state index in [1.165, 1.54) is 6.07 Å². The second-order valence-corrected chi connectivity index (χ2v) is 6.50. The minimum absolute atomic E-state index is 0.0340. The first kappa shape index (κ1) is 17.8. The molecule has 120 valence electrons. The maximum Gasteiger partial charge on any atom is 0.416 e. The van der Waals surface area contributed by atoms with E-state index in [1.54, 1.807) is 6.92 Å². The van der Waals surface area contributed by atoms with Gasteiger partial charge in [0.25, 0.3) is 0 Å². The number of benzene rings is 1. The topological polar surface area (TPSA) is 58.2 Å². The molecule has 0 amide bonds. The molecule has 0 atom stereocenters. The van der Waals surface area contributed by atoms with Crippen LogP contribution in [0.25, 0.3) is 0 Å². The van der Waals surface area contributed by atoms with Gasteiger partial charge in [-0.3, -0.25) is 4.72 Å². The van der Waals surface area contributed by atoms with Gasteiger partial charge >= 0.3 is 6.18 Å². The monoisotopic (exact) mass is 324 g/mol. The van der Waals surface area contributed by atoms with E-state index in [1.807, 2.05) is 6.92 Å². The van der Waals surface area contributed by atoms with Gasteiger partial charge in [-0.1, -0.05) is 13.0 Å². The van der Waals surface area contributed by atoms with E-state index in [9.17, 15) is 21.6 Å². The van der Waals surface area contributed by atoms with E-state index in [2.05, 4.69) is 10.0 Å². The van der Waals surface area contributed by atoms with E-state index in [-0.39, 0.29) is 11.4 Å². The molecule has 0 fully saturated rings. The second-order valence-electron chi connectivity index (χ2n) is 4.66. The summed E-state index contributed by atoms with van der Waals surface area (Å²) in [5.74, 6) is -0.143. The van der Waals surface area contributed by atoms with E-state index in [0.29, 0.717) is 18.5 Å². The van der Waals surface area contributed by atoms with Gasteiger partial charge in [-0.05, 0) is 44.1 Å². The third-order valence-corrected chi connectivity index (χ3v) is 4.20. The molecule has 0 aromatic heterocycles. The molecule has 0 aliphatic heterocycles. The van der Waals surface area contributed by atoms with Crippen LogP contribution in [0.2, 0.25) is 0 Å². The summed E-state index contributed by atoms with van der Waals surface area (Å²) >= 11 is 0. The lowest BCUT2D eigenvalue weighted by atomic mass is 10.1. The smallest absolute Gasteiger partial charge is 0.317 e. The van der Waals surface area contributed by atoms with E-state index >= 15 is 0 Å². The molecule has 0 heterocycles. The van der Waals surface area contributed by atoms with Gasteiger partial charge in [0, 0.05) is 0 Å². The first-order valence-corrected chi connectivity index (χ1v) is 8.20. The average molecular weight is 324 g/mol. The number of hydrogen-bond acceptors (Lipinski definition) is 3. The molecule has 0 saturated carbocycles. The molecule has 1 aromatic carbocycles. The van der Waals surface area contributed by atoms with E-state index in [4.69, 9.17) is 0 Å². The molecule has 8 heteroatoms. The average Bonchev–Trinajstić information content (AvgIpc) is 2.36. The van der Waals surface area contributed by atoms with Gasteiger partial charge in [-0.15, -0.1) is 0 Å². The summed E-state index contributed by atoms with van der Waals surface area (Å²) in [5.41, 5.74) is -0.468. The van der Waals surface area contributed by atoms with Crippen LogP contribution in [-0.2, 0) is 16.2 Å². The Bertz CT molecular complexity index is 571. The fourth-order valence-electron chi connectivity index (χ4n) is 1.69. The van der Waals surface area contributed by atoms with Crippen LogP contribution < -0.4 is 10.0 Å². The quantitative estimate of drug-likeness (QED) is 0.758. The number of hydrogen-bond donors (Lipinski definition) is 2. The van der Waals surface area contributed by atoms with Gasteiger partial charge in [0.1, 0.15) is 0 Å². The first-order chi connectivity index (χ1) is 9.65. The number of rotatable bonds is 7. The maximum absolute atomic E-state index is 12.6. The Balaban J connectivity index is 2.82. The highest BCUT2D eigenvalue weighted by molar-refractivity contribution is 7.92. The number of alkyl halides is 3. The van der Waals surface area contributed by atoms with Crippen molar-refractivity contribution in [2.75, 3.05) is 23.6 Å². The Morgan fingerprint density at radius 1 is 1.24 bits per heavy atom. The number of nitrogens with one attached hydrogen (secondary N) is 2. The molecule has 0 aliphatic carbocycles. The highest BCUT2D eigenvalue weighted by Gasteiger charge is 2.31. The minimum atomic E-state index is -4.50. The van der Waals surface area contributed by atoms with Crippen LogP contribution in [0.5, 0.6) is 0 Å². The van der Waals surface area contributed by atoms with Gasteiger partial charge < -0.3 is 5.32 Å². The van der Waals surface area contributed by atoms with Crippen LogP contribution in [0, 0.1) is 6.92 Å². The molecule has 0 spiro atoms. The van der Waals surface area contributed by atoms with Gasteiger partial charge in [-0.2, -0.15) is 13.2 Å². The fraction of sp³-hybridized carbons (Fsp3) is 0.538. The van der Waals surface area contributed by atoms with Crippen molar-refractivity contribution in [2.45, 2.75) is 26.4 Å².